The van der Waals surface area contributed by atoms with Gasteiger partial charge in [-0.15, -0.1) is 0 Å². The predicted molar refractivity (Wildman–Crippen MR) is 72.2 cm³/mol. The lowest BCUT2D eigenvalue weighted by Crippen LogP contribution is -2.26. The quantitative estimate of drug-likeness (QED) is 0.804. The Hall–Kier alpha value is -2.43. The molecule has 1 aromatic heterocycles. The number of hydrogen-bond acceptors (Lipinski definition) is 4. The van der Waals surface area contributed by atoms with E-state index in [1.165, 1.54) is 7.11 Å². The van der Waals surface area contributed by atoms with Gasteiger partial charge in [0.25, 0.3) is 5.91 Å². The van der Waals surface area contributed by atoms with Crippen molar-refractivity contribution in [3.8, 4) is 5.75 Å². The van der Waals surface area contributed by atoms with Gasteiger partial charge < -0.3 is 20.2 Å². The van der Waals surface area contributed by atoms with Gasteiger partial charge in [-0.25, -0.2) is 0 Å². The van der Waals surface area contributed by atoms with Crippen LogP contribution in [-0.4, -0.2) is 19.6 Å². The Morgan fingerprint density at radius 1 is 1.37 bits per heavy atom. The first kappa shape index (κ1) is 13.0. The lowest BCUT2D eigenvalue weighted by molar-refractivity contribution is 0.0954. The standard InChI is InChI=1S/C14H16N2O3/c1-18-12-6-2-5-11(13(12)15)14(17)16-8-7-10-4-3-9-19-10/h2-6,9H,7-8,15H2,1H3,(H,16,17). The van der Waals surface area contributed by atoms with Crippen LogP contribution in [0.3, 0.4) is 0 Å². The largest absolute Gasteiger partial charge is 0.495 e. The summed E-state index contributed by atoms with van der Waals surface area (Å²) in [6.45, 7) is 0.489. The summed E-state index contributed by atoms with van der Waals surface area (Å²) in [6.07, 6.45) is 2.25. The Kier molecular flexibility index (Phi) is 4.07. The number of amides is 1. The number of nitrogen functional groups attached to an aromatic ring is 1. The summed E-state index contributed by atoms with van der Waals surface area (Å²) in [5.41, 5.74) is 6.62. The van der Waals surface area contributed by atoms with Crippen molar-refractivity contribution in [2.24, 2.45) is 0 Å². The van der Waals surface area contributed by atoms with Crippen LogP contribution >= 0.6 is 0 Å². The SMILES string of the molecule is COc1cccc(C(=O)NCCc2ccco2)c1N. The highest BCUT2D eigenvalue weighted by atomic mass is 16.5. The molecule has 19 heavy (non-hydrogen) atoms. The Morgan fingerprint density at radius 3 is 2.89 bits per heavy atom. The summed E-state index contributed by atoms with van der Waals surface area (Å²) >= 11 is 0. The molecule has 1 amide bonds. The Labute approximate surface area is 111 Å². The third-order valence-electron chi connectivity index (χ3n) is 2.77. The lowest BCUT2D eigenvalue weighted by atomic mass is 10.1. The number of nitrogens with two attached hydrogens (primary N) is 1. The summed E-state index contributed by atoms with van der Waals surface area (Å²) in [5.74, 6) is 1.11. The second kappa shape index (κ2) is 5.95. The molecule has 0 bridgehead atoms. The molecule has 0 fully saturated rings. The van der Waals surface area contributed by atoms with Crippen LogP contribution in [0.4, 0.5) is 5.69 Å². The third-order valence-corrected chi connectivity index (χ3v) is 2.77. The lowest BCUT2D eigenvalue weighted by Gasteiger charge is -2.10. The Bertz CT molecular complexity index is 550. The van der Waals surface area contributed by atoms with Crippen LogP contribution in [0.15, 0.2) is 41.0 Å². The van der Waals surface area contributed by atoms with Crippen molar-refractivity contribution in [1.82, 2.24) is 5.32 Å². The molecular formula is C14H16N2O3. The zero-order valence-electron chi connectivity index (χ0n) is 10.7. The molecule has 1 heterocycles. The summed E-state index contributed by atoms with van der Waals surface area (Å²) in [7, 11) is 1.52. The van der Waals surface area contributed by atoms with Crippen molar-refractivity contribution in [3.63, 3.8) is 0 Å². The van der Waals surface area contributed by atoms with Gasteiger partial charge in [0.2, 0.25) is 0 Å². The van der Waals surface area contributed by atoms with E-state index in [4.69, 9.17) is 14.9 Å². The molecule has 0 saturated carbocycles. The average Bonchev–Trinajstić information content (AvgIpc) is 2.92. The normalized spacial score (nSPS) is 10.2. The van der Waals surface area contributed by atoms with E-state index in [2.05, 4.69) is 5.32 Å². The molecule has 1 aromatic carbocycles. The van der Waals surface area contributed by atoms with Crippen molar-refractivity contribution in [2.75, 3.05) is 19.4 Å². The number of rotatable bonds is 5. The van der Waals surface area contributed by atoms with E-state index in [0.717, 1.165) is 5.76 Å². The molecule has 0 radical (unpaired) electrons. The topological polar surface area (TPSA) is 77.5 Å². The van der Waals surface area contributed by atoms with E-state index in [9.17, 15) is 4.79 Å². The number of benzene rings is 1. The van der Waals surface area contributed by atoms with Crippen LogP contribution in [0.2, 0.25) is 0 Å². The fourth-order valence-electron chi connectivity index (χ4n) is 1.77. The number of methoxy groups -OCH3 is 1. The smallest absolute Gasteiger partial charge is 0.253 e. The van der Waals surface area contributed by atoms with Crippen LogP contribution < -0.4 is 15.8 Å². The molecule has 0 spiro atoms. The molecule has 100 valence electrons. The molecule has 0 saturated heterocycles. The van der Waals surface area contributed by atoms with Gasteiger partial charge in [-0.3, -0.25) is 4.79 Å². The summed E-state index contributed by atoms with van der Waals surface area (Å²) in [4.78, 5) is 12.0. The van der Waals surface area contributed by atoms with E-state index in [1.54, 1.807) is 24.5 Å². The minimum Gasteiger partial charge on any atom is -0.495 e. The number of para-hydroxylation sites is 1. The van der Waals surface area contributed by atoms with Gasteiger partial charge in [0, 0.05) is 13.0 Å². The first-order valence-corrected chi connectivity index (χ1v) is 5.95. The second-order valence-electron chi connectivity index (χ2n) is 4.01. The highest BCUT2D eigenvalue weighted by Crippen LogP contribution is 2.24. The molecule has 5 nitrogen and oxygen atoms in total. The fourth-order valence-corrected chi connectivity index (χ4v) is 1.77. The Morgan fingerprint density at radius 2 is 2.21 bits per heavy atom. The monoisotopic (exact) mass is 260 g/mol. The minimum atomic E-state index is -0.219. The molecule has 0 aliphatic carbocycles. The van der Waals surface area contributed by atoms with E-state index in [0.29, 0.717) is 30.0 Å². The number of carbonyl (C=O) groups is 1. The van der Waals surface area contributed by atoms with Crippen molar-refractivity contribution in [2.45, 2.75) is 6.42 Å². The summed E-state index contributed by atoms with van der Waals surface area (Å²) in [6, 6.07) is 8.80. The molecule has 0 atom stereocenters. The number of anilines is 1. The second-order valence-corrected chi connectivity index (χ2v) is 4.01. The minimum absolute atomic E-state index is 0.219. The highest BCUT2D eigenvalue weighted by molar-refractivity contribution is 6.00. The zero-order chi connectivity index (χ0) is 13.7. The van der Waals surface area contributed by atoms with E-state index < -0.39 is 0 Å². The highest BCUT2D eigenvalue weighted by Gasteiger charge is 2.12. The maximum atomic E-state index is 12.0. The number of ether oxygens (including phenoxy) is 1. The Balaban J connectivity index is 1.96. The van der Waals surface area contributed by atoms with Gasteiger partial charge in [0.05, 0.1) is 24.6 Å². The molecular weight excluding hydrogens is 244 g/mol. The first-order valence-electron chi connectivity index (χ1n) is 5.95. The number of carbonyl (C=O) groups excluding carboxylic acids is 1. The molecule has 2 rings (SSSR count). The van der Waals surface area contributed by atoms with Crippen LogP contribution in [0.5, 0.6) is 5.75 Å². The van der Waals surface area contributed by atoms with Crippen LogP contribution in [0, 0.1) is 0 Å². The van der Waals surface area contributed by atoms with Gasteiger partial charge in [0.1, 0.15) is 11.5 Å². The number of furan rings is 1. The van der Waals surface area contributed by atoms with Crippen molar-refractivity contribution >= 4 is 11.6 Å². The third kappa shape index (κ3) is 3.07. The van der Waals surface area contributed by atoms with Crippen molar-refractivity contribution < 1.29 is 13.9 Å². The van der Waals surface area contributed by atoms with Crippen LogP contribution in [-0.2, 0) is 6.42 Å². The zero-order valence-corrected chi connectivity index (χ0v) is 10.7. The predicted octanol–water partition coefficient (Wildman–Crippen LogP) is 1.84. The summed E-state index contributed by atoms with van der Waals surface area (Å²) < 4.78 is 10.3. The maximum Gasteiger partial charge on any atom is 0.253 e. The van der Waals surface area contributed by atoms with Crippen LogP contribution in [0.25, 0.3) is 0 Å². The molecule has 0 aliphatic heterocycles. The van der Waals surface area contributed by atoms with Gasteiger partial charge in [-0.2, -0.15) is 0 Å². The molecule has 2 aromatic rings. The summed E-state index contributed by atoms with van der Waals surface area (Å²) in [5, 5.41) is 2.79. The van der Waals surface area contributed by atoms with Gasteiger partial charge in [0.15, 0.2) is 0 Å². The van der Waals surface area contributed by atoms with Crippen molar-refractivity contribution in [1.29, 1.82) is 0 Å². The van der Waals surface area contributed by atoms with Gasteiger partial charge in [-0.05, 0) is 24.3 Å². The van der Waals surface area contributed by atoms with E-state index in [-0.39, 0.29) is 5.91 Å². The van der Waals surface area contributed by atoms with Crippen molar-refractivity contribution in [3.05, 3.63) is 47.9 Å². The first-order chi connectivity index (χ1) is 9.22. The van der Waals surface area contributed by atoms with E-state index >= 15 is 0 Å². The number of nitrogens with one attached hydrogen (secondary N) is 1. The maximum absolute atomic E-state index is 12.0. The fraction of sp³-hybridized carbons (Fsp3) is 0.214. The van der Waals surface area contributed by atoms with Crippen LogP contribution in [0.1, 0.15) is 16.1 Å². The molecule has 0 aliphatic rings. The van der Waals surface area contributed by atoms with Gasteiger partial charge in [-0.1, -0.05) is 6.07 Å². The number of hydrogen-bond donors (Lipinski definition) is 2. The molecule has 0 unspecified atom stereocenters. The molecule has 5 heteroatoms. The van der Waals surface area contributed by atoms with E-state index in [1.807, 2.05) is 12.1 Å². The average molecular weight is 260 g/mol. The van der Waals surface area contributed by atoms with Gasteiger partial charge >= 0.3 is 0 Å². The molecule has 3 N–H and O–H groups in total.